The Labute approximate surface area is 125 Å². The van der Waals surface area contributed by atoms with E-state index in [1.54, 1.807) is 6.07 Å². The van der Waals surface area contributed by atoms with Crippen molar-refractivity contribution in [2.24, 2.45) is 0 Å². The summed E-state index contributed by atoms with van der Waals surface area (Å²) in [6.45, 7) is 5.70. The van der Waals surface area contributed by atoms with Crippen molar-refractivity contribution in [1.29, 1.82) is 0 Å². The minimum atomic E-state index is -1.07. The number of carboxylic acid groups (broad SMARTS) is 1. The molecule has 0 radical (unpaired) electrons. The van der Waals surface area contributed by atoms with Crippen LogP contribution in [0.25, 0.3) is 0 Å². The van der Waals surface area contributed by atoms with Gasteiger partial charge in [-0.2, -0.15) is 0 Å². The van der Waals surface area contributed by atoms with Crippen molar-refractivity contribution >= 4 is 5.97 Å². The number of likely N-dealkylation sites (N-methyl/N-ethyl adjacent to an activating group) is 1. The molecule has 1 atom stereocenters. The normalized spacial score (nSPS) is 21.2. The molecule has 0 saturated carbocycles. The standard InChI is InChI=1S/C16H23FN2O2/c1-3-14-11-18(2)7-4-8-19(14)10-12-5-6-13(17)9-15(12)16(20)21/h5-6,9,14H,3-4,7-8,10-11H2,1-2H3,(H,20,21). The monoisotopic (exact) mass is 294 g/mol. The SMILES string of the molecule is CCC1CN(C)CCCN1Cc1ccc(F)cc1C(=O)O. The van der Waals surface area contributed by atoms with Gasteiger partial charge in [-0.3, -0.25) is 4.90 Å². The highest BCUT2D eigenvalue weighted by atomic mass is 19.1. The van der Waals surface area contributed by atoms with Gasteiger partial charge in [-0.1, -0.05) is 13.0 Å². The van der Waals surface area contributed by atoms with E-state index in [9.17, 15) is 14.3 Å². The Balaban J connectivity index is 2.21. The van der Waals surface area contributed by atoms with E-state index in [1.165, 1.54) is 6.07 Å². The lowest BCUT2D eigenvalue weighted by atomic mass is 10.1. The molecule has 1 heterocycles. The average molecular weight is 294 g/mol. The lowest BCUT2D eigenvalue weighted by Crippen LogP contribution is -2.39. The summed E-state index contributed by atoms with van der Waals surface area (Å²) in [7, 11) is 2.12. The molecule has 0 amide bonds. The Kier molecular flexibility index (Phi) is 5.31. The molecule has 0 bridgehead atoms. The van der Waals surface area contributed by atoms with Gasteiger partial charge in [0.1, 0.15) is 5.82 Å². The van der Waals surface area contributed by atoms with Crippen molar-refractivity contribution in [1.82, 2.24) is 9.80 Å². The van der Waals surface area contributed by atoms with Gasteiger partial charge in [0.05, 0.1) is 5.56 Å². The summed E-state index contributed by atoms with van der Waals surface area (Å²) in [4.78, 5) is 15.9. The molecule has 0 aromatic heterocycles. The second-order valence-corrected chi connectivity index (χ2v) is 5.75. The van der Waals surface area contributed by atoms with Crippen LogP contribution in [-0.2, 0) is 6.54 Å². The molecule has 116 valence electrons. The molecule has 0 spiro atoms. The highest BCUT2D eigenvalue weighted by molar-refractivity contribution is 5.89. The van der Waals surface area contributed by atoms with Gasteiger partial charge in [0.15, 0.2) is 0 Å². The molecule has 1 N–H and O–H groups in total. The molecule has 1 saturated heterocycles. The third kappa shape index (κ3) is 4.02. The van der Waals surface area contributed by atoms with Crippen molar-refractivity contribution < 1.29 is 14.3 Å². The number of hydrogen-bond donors (Lipinski definition) is 1. The van der Waals surface area contributed by atoms with Crippen molar-refractivity contribution in [3.05, 3.63) is 35.1 Å². The number of rotatable bonds is 4. The number of carboxylic acids is 1. The second kappa shape index (κ2) is 7.00. The topological polar surface area (TPSA) is 43.8 Å². The van der Waals surface area contributed by atoms with E-state index >= 15 is 0 Å². The molecule has 1 aromatic carbocycles. The number of hydrogen-bond acceptors (Lipinski definition) is 3. The van der Waals surface area contributed by atoms with E-state index in [2.05, 4.69) is 23.8 Å². The zero-order chi connectivity index (χ0) is 15.4. The van der Waals surface area contributed by atoms with Gasteiger partial charge in [0, 0.05) is 25.7 Å². The summed E-state index contributed by atoms with van der Waals surface area (Å²) in [6.07, 6.45) is 2.09. The number of carbonyl (C=O) groups is 1. The minimum Gasteiger partial charge on any atom is -0.478 e. The Morgan fingerprint density at radius 1 is 1.43 bits per heavy atom. The van der Waals surface area contributed by atoms with E-state index in [-0.39, 0.29) is 5.56 Å². The van der Waals surface area contributed by atoms with Crippen LogP contribution in [0, 0.1) is 5.82 Å². The maximum Gasteiger partial charge on any atom is 0.336 e. The molecule has 0 aliphatic carbocycles. The summed E-state index contributed by atoms with van der Waals surface area (Å²) in [6, 6.07) is 4.46. The first-order valence-corrected chi connectivity index (χ1v) is 7.45. The van der Waals surface area contributed by atoms with Gasteiger partial charge >= 0.3 is 5.97 Å². The molecule has 1 aliphatic rings. The lowest BCUT2D eigenvalue weighted by Gasteiger charge is -2.30. The fraction of sp³-hybridized carbons (Fsp3) is 0.562. The predicted molar refractivity (Wildman–Crippen MR) is 80.0 cm³/mol. The Hall–Kier alpha value is -1.46. The molecule has 1 aliphatic heterocycles. The van der Waals surface area contributed by atoms with Crippen LogP contribution in [0.3, 0.4) is 0 Å². The van der Waals surface area contributed by atoms with Crippen LogP contribution in [0.4, 0.5) is 4.39 Å². The average Bonchev–Trinajstić information content (AvgIpc) is 2.62. The van der Waals surface area contributed by atoms with Crippen LogP contribution >= 0.6 is 0 Å². The van der Waals surface area contributed by atoms with E-state index in [0.717, 1.165) is 38.5 Å². The number of benzene rings is 1. The Bertz CT molecular complexity index is 507. The largest absolute Gasteiger partial charge is 0.478 e. The maximum absolute atomic E-state index is 13.3. The van der Waals surface area contributed by atoms with Crippen molar-refractivity contribution in [3.63, 3.8) is 0 Å². The fourth-order valence-corrected chi connectivity index (χ4v) is 2.99. The van der Waals surface area contributed by atoms with E-state index in [4.69, 9.17) is 0 Å². The second-order valence-electron chi connectivity index (χ2n) is 5.75. The smallest absolute Gasteiger partial charge is 0.336 e. The molecule has 2 rings (SSSR count). The third-order valence-corrected chi connectivity index (χ3v) is 4.17. The molecular weight excluding hydrogens is 271 g/mol. The van der Waals surface area contributed by atoms with Gasteiger partial charge in [0.25, 0.3) is 0 Å². The van der Waals surface area contributed by atoms with Gasteiger partial charge in [-0.15, -0.1) is 0 Å². The first kappa shape index (κ1) is 15.9. The van der Waals surface area contributed by atoms with Gasteiger partial charge in [0.2, 0.25) is 0 Å². The highest BCUT2D eigenvalue weighted by Gasteiger charge is 2.23. The molecule has 21 heavy (non-hydrogen) atoms. The van der Waals surface area contributed by atoms with Crippen LogP contribution in [0.1, 0.15) is 35.7 Å². The van der Waals surface area contributed by atoms with Crippen LogP contribution in [0.5, 0.6) is 0 Å². The van der Waals surface area contributed by atoms with E-state index < -0.39 is 11.8 Å². The van der Waals surface area contributed by atoms with Crippen LogP contribution in [0.2, 0.25) is 0 Å². The van der Waals surface area contributed by atoms with Crippen molar-refractivity contribution in [2.45, 2.75) is 32.4 Å². The fourth-order valence-electron chi connectivity index (χ4n) is 2.99. The lowest BCUT2D eigenvalue weighted by molar-refractivity contribution is 0.0693. The highest BCUT2D eigenvalue weighted by Crippen LogP contribution is 2.19. The first-order valence-electron chi connectivity index (χ1n) is 7.45. The molecule has 1 unspecified atom stereocenters. The summed E-state index contributed by atoms with van der Waals surface area (Å²) >= 11 is 0. The van der Waals surface area contributed by atoms with Crippen LogP contribution in [-0.4, -0.2) is 53.6 Å². The minimum absolute atomic E-state index is 0.0717. The zero-order valence-electron chi connectivity index (χ0n) is 12.7. The number of halogens is 1. The number of nitrogens with zero attached hydrogens (tertiary/aromatic N) is 2. The molecule has 1 fully saturated rings. The van der Waals surface area contributed by atoms with Gasteiger partial charge in [-0.25, -0.2) is 9.18 Å². The third-order valence-electron chi connectivity index (χ3n) is 4.17. The predicted octanol–water partition coefficient (Wildman–Crippen LogP) is 2.44. The Morgan fingerprint density at radius 3 is 2.86 bits per heavy atom. The van der Waals surface area contributed by atoms with Crippen LogP contribution < -0.4 is 0 Å². The summed E-state index contributed by atoms with van der Waals surface area (Å²) in [5.41, 5.74) is 0.759. The zero-order valence-corrected chi connectivity index (χ0v) is 12.7. The quantitative estimate of drug-likeness (QED) is 0.926. The summed E-state index contributed by atoms with van der Waals surface area (Å²) in [5, 5.41) is 9.25. The summed E-state index contributed by atoms with van der Waals surface area (Å²) < 4.78 is 13.3. The molecule has 5 heteroatoms. The van der Waals surface area contributed by atoms with Crippen LogP contribution in [0.15, 0.2) is 18.2 Å². The molecule has 4 nitrogen and oxygen atoms in total. The van der Waals surface area contributed by atoms with Gasteiger partial charge in [-0.05, 0) is 44.1 Å². The van der Waals surface area contributed by atoms with E-state index in [1.807, 2.05) is 0 Å². The first-order chi connectivity index (χ1) is 10.0. The molecular formula is C16H23FN2O2. The molecule has 1 aromatic rings. The van der Waals surface area contributed by atoms with Crippen molar-refractivity contribution in [2.75, 3.05) is 26.7 Å². The van der Waals surface area contributed by atoms with Gasteiger partial charge < -0.3 is 10.0 Å². The number of aromatic carboxylic acids is 1. The van der Waals surface area contributed by atoms with Crippen molar-refractivity contribution in [3.8, 4) is 0 Å². The maximum atomic E-state index is 13.3. The summed E-state index contributed by atoms with van der Waals surface area (Å²) in [5.74, 6) is -1.57. The Morgan fingerprint density at radius 2 is 2.19 bits per heavy atom. The van der Waals surface area contributed by atoms with E-state index in [0.29, 0.717) is 18.2 Å².